The molecule has 3 aromatic rings. The normalized spacial score (nSPS) is 12.0. The third-order valence-electron chi connectivity index (χ3n) is 4.38. The molecule has 0 aliphatic carbocycles. The van der Waals surface area contributed by atoms with Gasteiger partial charge in [-0.15, -0.1) is 0 Å². The minimum Gasteiger partial charge on any atom is -0.489 e. The average Bonchev–Trinajstić information content (AvgIpc) is 3.12. The van der Waals surface area contributed by atoms with Crippen LogP contribution in [0.15, 0.2) is 46.7 Å². The lowest BCUT2D eigenvalue weighted by Crippen LogP contribution is -2.34. The number of anilines is 1. The van der Waals surface area contributed by atoms with Gasteiger partial charge in [-0.25, -0.2) is 9.18 Å². The summed E-state index contributed by atoms with van der Waals surface area (Å²) in [6.07, 6.45) is -0.211. The van der Waals surface area contributed by atoms with Crippen LogP contribution in [0.3, 0.4) is 0 Å². The second kappa shape index (κ2) is 10.3. The van der Waals surface area contributed by atoms with Crippen molar-refractivity contribution in [3.8, 4) is 5.75 Å². The Morgan fingerprint density at radius 1 is 1.15 bits per heavy atom. The summed E-state index contributed by atoms with van der Waals surface area (Å²) in [5, 5.41) is 5.67. The fourth-order valence-electron chi connectivity index (χ4n) is 3.07. The summed E-state index contributed by atoms with van der Waals surface area (Å²) in [6, 6.07) is 9.56. The highest BCUT2D eigenvalue weighted by atomic mass is 19.1. The Kier molecular flexibility index (Phi) is 7.52. The minimum atomic E-state index is -0.628. The van der Waals surface area contributed by atoms with Crippen LogP contribution in [-0.2, 0) is 11.3 Å². The van der Waals surface area contributed by atoms with Gasteiger partial charge < -0.3 is 24.5 Å². The van der Waals surface area contributed by atoms with Crippen molar-refractivity contribution in [1.82, 2.24) is 15.3 Å². The molecular formula is C24H29FN4O4. The van der Waals surface area contributed by atoms with Crippen LogP contribution in [0.4, 0.5) is 15.2 Å². The number of nitrogens with zero attached hydrogens (tertiary/aromatic N) is 2. The van der Waals surface area contributed by atoms with Crippen molar-refractivity contribution < 1.29 is 23.1 Å². The van der Waals surface area contributed by atoms with Crippen molar-refractivity contribution >= 4 is 23.2 Å². The van der Waals surface area contributed by atoms with Crippen molar-refractivity contribution in [3.05, 3.63) is 59.2 Å². The molecule has 2 N–H and O–H groups in total. The summed E-state index contributed by atoms with van der Waals surface area (Å²) in [5.74, 6) is 0.488. The Labute approximate surface area is 192 Å². The fraction of sp³-hybridized carbons (Fsp3) is 0.375. The molecule has 0 aliphatic heterocycles. The number of carbonyl (C=O) groups is 1. The fourth-order valence-corrected chi connectivity index (χ4v) is 3.07. The Balaban J connectivity index is 1.55. The van der Waals surface area contributed by atoms with Gasteiger partial charge in [-0.05, 0) is 64.4 Å². The molecule has 2 heterocycles. The number of aromatic nitrogens is 2. The zero-order valence-corrected chi connectivity index (χ0v) is 19.5. The molecule has 176 valence electrons. The van der Waals surface area contributed by atoms with E-state index in [0.717, 1.165) is 17.0 Å². The smallest absolute Gasteiger partial charge is 0.407 e. The molecular weight excluding hydrogens is 427 g/mol. The minimum absolute atomic E-state index is 0.0298. The van der Waals surface area contributed by atoms with Crippen LogP contribution < -0.4 is 15.4 Å². The molecule has 0 atom stereocenters. The highest BCUT2D eigenvalue weighted by Crippen LogP contribution is 2.24. The number of ether oxygens (including phenoxy) is 2. The molecule has 0 radical (unpaired) electrons. The molecule has 0 spiro atoms. The summed E-state index contributed by atoms with van der Waals surface area (Å²) >= 11 is 0. The number of oxazole rings is 1. The molecule has 1 amide bonds. The van der Waals surface area contributed by atoms with Crippen LogP contribution in [0.5, 0.6) is 5.75 Å². The monoisotopic (exact) mass is 456 g/mol. The second-order valence-electron chi connectivity index (χ2n) is 8.67. The Hall–Kier alpha value is -3.62. The number of hydrogen-bond acceptors (Lipinski definition) is 7. The van der Waals surface area contributed by atoms with Gasteiger partial charge in [0.25, 0.3) is 6.01 Å². The number of fused-ring (bicyclic) bond motifs is 1. The molecule has 1 aromatic carbocycles. The van der Waals surface area contributed by atoms with Gasteiger partial charge in [-0.1, -0.05) is 0 Å². The molecule has 8 nitrogen and oxygen atoms in total. The average molecular weight is 457 g/mol. The number of carbonyl (C=O) groups excluding carboxylic acids is 1. The molecule has 0 unspecified atom stereocenters. The van der Waals surface area contributed by atoms with E-state index in [9.17, 15) is 9.18 Å². The van der Waals surface area contributed by atoms with Gasteiger partial charge in [-0.2, -0.15) is 4.98 Å². The number of pyridine rings is 1. The summed E-state index contributed by atoms with van der Waals surface area (Å²) in [5.41, 5.74) is 3.81. The SMILES string of the molecule is Cc1cc(CNc2nc3ccc(OC/C(=C\F)CNC(=O)OC(C)(C)C)cc3o2)cc(C)n1. The summed E-state index contributed by atoms with van der Waals surface area (Å²) in [4.78, 5) is 20.5. The molecule has 2 aromatic heterocycles. The van der Waals surface area contributed by atoms with Gasteiger partial charge in [0, 0.05) is 36.1 Å². The molecule has 9 heteroatoms. The number of halogens is 1. The van der Waals surface area contributed by atoms with Crippen LogP contribution in [0.1, 0.15) is 37.7 Å². The molecule has 0 saturated heterocycles. The maximum Gasteiger partial charge on any atom is 0.407 e. The van der Waals surface area contributed by atoms with E-state index in [0.29, 0.717) is 35.7 Å². The van der Waals surface area contributed by atoms with E-state index < -0.39 is 11.7 Å². The Morgan fingerprint density at radius 3 is 2.55 bits per heavy atom. The van der Waals surface area contributed by atoms with E-state index >= 15 is 0 Å². The van der Waals surface area contributed by atoms with Gasteiger partial charge in [0.1, 0.15) is 23.5 Å². The van der Waals surface area contributed by atoms with Crippen molar-refractivity contribution in [2.24, 2.45) is 0 Å². The first-order valence-electron chi connectivity index (χ1n) is 10.6. The number of aryl methyl sites for hydroxylation is 2. The van der Waals surface area contributed by atoms with E-state index in [1.165, 1.54) is 0 Å². The maximum atomic E-state index is 13.2. The number of alkyl carbamates (subject to hydrolysis) is 1. The summed E-state index contributed by atoms with van der Waals surface area (Å²) < 4.78 is 29.8. The maximum absolute atomic E-state index is 13.2. The first-order valence-corrected chi connectivity index (χ1v) is 10.6. The van der Waals surface area contributed by atoms with E-state index in [1.807, 2.05) is 26.0 Å². The predicted molar refractivity (Wildman–Crippen MR) is 124 cm³/mol. The number of amides is 1. The molecule has 33 heavy (non-hydrogen) atoms. The number of rotatable bonds is 8. The second-order valence-corrected chi connectivity index (χ2v) is 8.67. The molecule has 0 aliphatic rings. The van der Waals surface area contributed by atoms with Crippen molar-refractivity contribution in [2.75, 3.05) is 18.5 Å². The van der Waals surface area contributed by atoms with Gasteiger partial charge >= 0.3 is 6.09 Å². The topological polar surface area (TPSA) is 98.5 Å². The number of benzene rings is 1. The largest absolute Gasteiger partial charge is 0.489 e. The third kappa shape index (κ3) is 7.48. The van der Waals surface area contributed by atoms with Gasteiger partial charge in [0.2, 0.25) is 0 Å². The number of hydrogen-bond donors (Lipinski definition) is 2. The van der Waals surface area contributed by atoms with Crippen LogP contribution in [0, 0.1) is 13.8 Å². The lowest BCUT2D eigenvalue weighted by molar-refractivity contribution is 0.0531. The van der Waals surface area contributed by atoms with Crippen LogP contribution >= 0.6 is 0 Å². The zero-order valence-electron chi connectivity index (χ0n) is 19.5. The van der Waals surface area contributed by atoms with Crippen molar-refractivity contribution in [2.45, 2.75) is 46.8 Å². The zero-order chi connectivity index (χ0) is 24.0. The highest BCUT2D eigenvalue weighted by molar-refractivity contribution is 5.76. The number of nitrogens with one attached hydrogen (secondary N) is 2. The first kappa shape index (κ1) is 24.0. The van der Waals surface area contributed by atoms with E-state index in [-0.39, 0.29) is 18.7 Å². The first-order chi connectivity index (χ1) is 15.6. The van der Waals surface area contributed by atoms with Gasteiger partial charge in [-0.3, -0.25) is 4.98 Å². The molecule has 0 fully saturated rings. The van der Waals surface area contributed by atoms with E-state index in [1.54, 1.807) is 39.0 Å². The lowest BCUT2D eigenvalue weighted by atomic mass is 10.2. The van der Waals surface area contributed by atoms with Gasteiger partial charge in [0.05, 0.1) is 6.33 Å². The standard InChI is InChI=1S/C24H29FN4O4/c1-15-8-17(9-16(2)28-15)12-26-22-29-20-7-6-19(10-21(20)32-22)31-14-18(11-25)13-27-23(30)33-24(3,4)5/h6-11H,12-14H2,1-5H3,(H,26,29)(H,27,30)/b18-11-. The van der Waals surface area contributed by atoms with Crippen LogP contribution in [0.2, 0.25) is 0 Å². The van der Waals surface area contributed by atoms with Crippen LogP contribution in [-0.4, -0.2) is 34.8 Å². The Morgan fingerprint density at radius 2 is 1.88 bits per heavy atom. The summed E-state index contributed by atoms with van der Waals surface area (Å²) in [7, 11) is 0. The highest BCUT2D eigenvalue weighted by Gasteiger charge is 2.16. The quantitative estimate of drug-likeness (QED) is 0.480. The predicted octanol–water partition coefficient (Wildman–Crippen LogP) is 5.21. The van der Waals surface area contributed by atoms with Crippen LogP contribution in [0.25, 0.3) is 11.1 Å². The Bertz CT molecular complexity index is 1130. The summed E-state index contributed by atoms with van der Waals surface area (Å²) in [6.45, 7) is 9.64. The molecule has 0 saturated carbocycles. The molecule has 3 rings (SSSR count). The van der Waals surface area contributed by atoms with E-state index in [4.69, 9.17) is 13.9 Å². The molecule has 0 bridgehead atoms. The third-order valence-corrected chi connectivity index (χ3v) is 4.38. The van der Waals surface area contributed by atoms with Crippen molar-refractivity contribution in [1.29, 1.82) is 0 Å². The van der Waals surface area contributed by atoms with E-state index in [2.05, 4.69) is 20.6 Å². The van der Waals surface area contributed by atoms with Gasteiger partial charge in [0.15, 0.2) is 5.58 Å². The lowest BCUT2D eigenvalue weighted by Gasteiger charge is -2.20. The van der Waals surface area contributed by atoms with Crippen molar-refractivity contribution in [3.63, 3.8) is 0 Å².